The van der Waals surface area contributed by atoms with Crippen LogP contribution in [-0.2, 0) is 6.18 Å². The molecule has 0 N–H and O–H groups in total. The predicted octanol–water partition coefficient (Wildman–Crippen LogP) is 16.3. The number of hydrogen-bond donors (Lipinski definition) is 0. The Morgan fingerprint density at radius 1 is 0.338 bits per heavy atom. The van der Waals surface area contributed by atoms with Gasteiger partial charge in [0.2, 0.25) is 0 Å². The molecule has 68 heavy (non-hydrogen) atoms. The monoisotopic (exact) mass is 894 g/mol. The molecule has 12 rings (SSSR count). The predicted molar refractivity (Wildman–Crippen MR) is 263 cm³/mol. The fraction of sp³-hybridized carbons (Fsp3) is 0.0169. The normalized spacial score (nSPS) is 11.9. The van der Waals surface area contributed by atoms with Crippen LogP contribution in [0, 0.1) is 11.6 Å². The van der Waals surface area contributed by atoms with Gasteiger partial charge in [0.1, 0.15) is 11.6 Å². The van der Waals surface area contributed by atoms with Crippen molar-refractivity contribution in [3.8, 4) is 67.3 Å². The zero-order valence-electron chi connectivity index (χ0n) is 35.9. The summed E-state index contributed by atoms with van der Waals surface area (Å²) < 4.78 is 82.2. The molecule has 0 saturated heterocycles. The third-order valence-corrected chi connectivity index (χ3v) is 12.7. The van der Waals surface area contributed by atoms with Crippen molar-refractivity contribution in [2.24, 2.45) is 0 Å². The van der Waals surface area contributed by atoms with Crippen molar-refractivity contribution in [3.63, 3.8) is 0 Å². The third-order valence-electron chi connectivity index (χ3n) is 12.7. The first-order valence-corrected chi connectivity index (χ1v) is 22.0. The summed E-state index contributed by atoms with van der Waals surface area (Å²) >= 11 is 0. The Labute approximate surface area is 386 Å². The van der Waals surface area contributed by atoms with E-state index < -0.39 is 23.4 Å². The van der Waals surface area contributed by atoms with Gasteiger partial charge in [0.15, 0.2) is 0 Å². The van der Waals surface area contributed by atoms with E-state index >= 15 is 22.0 Å². The molecular formula is C59H35F5N4. The summed E-state index contributed by atoms with van der Waals surface area (Å²) in [6.45, 7) is 0. The molecular weight excluding hydrogens is 860 g/mol. The van der Waals surface area contributed by atoms with Crippen LogP contribution < -0.4 is 0 Å². The lowest BCUT2D eigenvalue weighted by Crippen LogP contribution is -2.11. The summed E-state index contributed by atoms with van der Waals surface area (Å²) in [7, 11) is 0. The Balaban J connectivity index is 1.18. The highest BCUT2D eigenvalue weighted by molar-refractivity contribution is 6.13. The summed E-state index contributed by atoms with van der Waals surface area (Å²) in [5.41, 5.74) is 8.61. The summed E-state index contributed by atoms with van der Waals surface area (Å²) in [6, 6.07) is 59.5. The molecule has 4 aromatic heterocycles. The number of fused-ring (bicyclic) bond motifs is 6. The number of halogens is 5. The van der Waals surface area contributed by atoms with Gasteiger partial charge < -0.3 is 9.13 Å². The van der Waals surface area contributed by atoms with Crippen molar-refractivity contribution in [2.45, 2.75) is 6.18 Å². The average molecular weight is 895 g/mol. The molecule has 0 aliphatic carbocycles. The van der Waals surface area contributed by atoms with Gasteiger partial charge in [0.05, 0.1) is 50.4 Å². The highest BCUT2D eigenvalue weighted by Crippen LogP contribution is 2.46. The van der Waals surface area contributed by atoms with E-state index in [1.807, 2.05) is 170 Å². The Morgan fingerprint density at radius 3 is 1.21 bits per heavy atom. The van der Waals surface area contributed by atoms with Gasteiger partial charge >= 0.3 is 6.18 Å². The number of rotatable bonds is 7. The van der Waals surface area contributed by atoms with Crippen LogP contribution in [0.5, 0.6) is 0 Å². The molecule has 0 amide bonds. The summed E-state index contributed by atoms with van der Waals surface area (Å²) in [5.74, 6) is -1.74. The van der Waals surface area contributed by atoms with Crippen LogP contribution >= 0.6 is 0 Å². The van der Waals surface area contributed by atoms with Crippen LogP contribution in [0.3, 0.4) is 0 Å². The second kappa shape index (κ2) is 16.0. The standard InChI is InChI=1S/C59H35F5N4/c60-44-27-42(28-45(61)35-44)58-56(67-52-17-9-7-15-46(52)48-21-19-38(31-54(48)67)40-23-25-65-50(29-40)36-11-3-1-4-12-36)33-43(59(62,63)64)34-57(58)68-53-18-10-8-16-47(53)49-22-20-39(32-55(49)68)41-24-26-66-51(30-41)37-13-5-2-6-14-37/h1-35H. The summed E-state index contributed by atoms with van der Waals surface area (Å²) in [6.07, 6.45) is -1.36. The molecule has 0 bridgehead atoms. The highest BCUT2D eigenvalue weighted by atomic mass is 19.4. The van der Waals surface area contributed by atoms with Crippen LogP contribution in [0.2, 0.25) is 0 Å². The number of nitrogens with zero attached hydrogens (tertiary/aromatic N) is 4. The molecule has 12 aromatic rings. The topological polar surface area (TPSA) is 35.6 Å². The van der Waals surface area contributed by atoms with E-state index in [2.05, 4.69) is 9.97 Å². The molecule has 0 unspecified atom stereocenters. The lowest BCUT2D eigenvalue weighted by atomic mass is 9.97. The van der Waals surface area contributed by atoms with Crippen molar-refractivity contribution >= 4 is 43.6 Å². The quantitative estimate of drug-likeness (QED) is 0.149. The minimum atomic E-state index is -4.83. The maximum absolute atomic E-state index is 15.7. The molecule has 0 aliphatic rings. The van der Waals surface area contributed by atoms with Gasteiger partial charge in [0, 0.05) is 56.7 Å². The average Bonchev–Trinajstić information content (AvgIpc) is 3.88. The van der Waals surface area contributed by atoms with Crippen molar-refractivity contribution in [1.82, 2.24) is 19.1 Å². The van der Waals surface area contributed by atoms with E-state index in [0.717, 1.165) is 84.5 Å². The maximum atomic E-state index is 15.7. The smallest absolute Gasteiger partial charge is 0.309 e. The molecule has 0 aliphatic heterocycles. The summed E-state index contributed by atoms with van der Waals surface area (Å²) in [5, 5.41) is 3.15. The molecule has 0 atom stereocenters. The second-order valence-corrected chi connectivity index (χ2v) is 16.8. The van der Waals surface area contributed by atoms with E-state index in [1.54, 1.807) is 21.5 Å². The summed E-state index contributed by atoms with van der Waals surface area (Å²) in [4.78, 5) is 9.25. The molecule has 8 aromatic carbocycles. The zero-order chi connectivity index (χ0) is 46.1. The second-order valence-electron chi connectivity index (χ2n) is 16.8. The van der Waals surface area contributed by atoms with Crippen molar-refractivity contribution in [3.05, 3.63) is 230 Å². The van der Waals surface area contributed by atoms with E-state index in [4.69, 9.17) is 0 Å². The Bertz CT molecular complexity index is 3690. The van der Waals surface area contributed by atoms with Gasteiger partial charge in [-0.05, 0) is 101 Å². The van der Waals surface area contributed by atoms with Gasteiger partial charge in [-0.2, -0.15) is 13.2 Å². The highest BCUT2D eigenvalue weighted by Gasteiger charge is 2.34. The zero-order valence-corrected chi connectivity index (χ0v) is 35.9. The largest absolute Gasteiger partial charge is 0.416 e. The first-order valence-electron chi connectivity index (χ1n) is 22.0. The van der Waals surface area contributed by atoms with E-state index in [1.165, 1.54) is 12.1 Å². The van der Waals surface area contributed by atoms with Crippen LogP contribution in [0.1, 0.15) is 5.56 Å². The number of hydrogen-bond acceptors (Lipinski definition) is 2. The minimum Gasteiger partial charge on any atom is -0.309 e. The van der Waals surface area contributed by atoms with E-state index in [-0.39, 0.29) is 22.5 Å². The molecule has 4 nitrogen and oxygen atoms in total. The molecule has 0 fully saturated rings. The molecule has 0 saturated carbocycles. The third kappa shape index (κ3) is 6.98. The lowest BCUT2D eigenvalue weighted by molar-refractivity contribution is -0.137. The van der Waals surface area contributed by atoms with Crippen LogP contribution in [0.25, 0.3) is 111 Å². The van der Waals surface area contributed by atoms with Crippen molar-refractivity contribution in [2.75, 3.05) is 0 Å². The van der Waals surface area contributed by atoms with Crippen LogP contribution in [-0.4, -0.2) is 19.1 Å². The number of alkyl halides is 3. The van der Waals surface area contributed by atoms with Gasteiger partial charge in [-0.1, -0.05) is 121 Å². The number of pyridine rings is 2. The number of aromatic nitrogens is 4. The van der Waals surface area contributed by atoms with Gasteiger partial charge in [-0.15, -0.1) is 0 Å². The fourth-order valence-electron chi connectivity index (χ4n) is 9.70. The maximum Gasteiger partial charge on any atom is 0.416 e. The van der Waals surface area contributed by atoms with Crippen LogP contribution in [0.4, 0.5) is 22.0 Å². The molecule has 0 spiro atoms. The Kier molecular flexibility index (Phi) is 9.62. The van der Waals surface area contributed by atoms with Gasteiger partial charge in [-0.25, -0.2) is 8.78 Å². The Hall–Kier alpha value is -8.69. The molecule has 0 radical (unpaired) electrons. The van der Waals surface area contributed by atoms with Gasteiger partial charge in [-0.3, -0.25) is 9.97 Å². The lowest BCUT2D eigenvalue weighted by Gasteiger charge is -2.23. The molecule has 326 valence electrons. The van der Waals surface area contributed by atoms with E-state index in [9.17, 15) is 0 Å². The van der Waals surface area contributed by atoms with Crippen LogP contribution in [0.15, 0.2) is 213 Å². The first kappa shape index (κ1) is 40.8. The molecule has 9 heteroatoms. The van der Waals surface area contributed by atoms with Crippen molar-refractivity contribution < 1.29 is 22.0 Å². The first-order chi connectivity index (χ1) is 33.2. The minimum absolute atomic E-state index is 0.0636. The number of para-hydroxylation sites is 2. The van der Waals surface area contributed by atoms with Crippen molar-refractivity contribution in [1.29, 1.82) is 0 Å². The SMILES string of the molecule is Fc1cc(F)cc(-c2c(-n3c4ccccc4c4ccc(-c5ccnc(-c6ccccc6)c5)cc43)cc(C(F)(F)F)cc2-n2c3ccccc3c3ccc(-c4ccnc(-c5ccccc5)c4)cc32)c1. The van der Waals surface area contributed by atoms with Gasteiger partial charge in [0.25, 0.3) is 0 Å². The molecule has 4 heterocycles. The van der Waals surface area contributed by atoms with E-state index in [0.29, 0.717) is 22.1 Å². The fourth-order valence-corrected chi connectivity index (χ4v) is 9.70. The number of benzene rings is 8. The Morgan fingerprint density at radius 2 is 0.750 bits per heavy atom.